The van der Waals surface area contributed by atoms with Crippen LogP contribution in [0.3, 0.4) is 0 Å². The molecule has 1 aliphatic rings. The average Bonchev–Trinajstić information content (AvgIpc) is 3.11. The molecule has 0 aromatic carbocycles. The second-order valence-electron chi connectivity index (χ2n) is 6.51. The lowest BCUT2D eigenvalue weighted by Gasteiger charge is -2.31. The predicted molar refractivity (Wildman–Crippen MR) is 94.3 cm³/mol. The van der Waals surface area contributed by atoms with Crippen molar-refractivity contribution >= 4 is 17.7 Å². The summed E-state index contributed by atoms with van der Waals surface area (Å²) in [5, 5.41) is 19.8. The molecular formula is C16H21N9O. The van der Waals surface area contributed by atoms with Gasteiger partial charge in [0.2, 0.25) is 5.95 Å². The number of nitrogens with two attached hydrogens (primary N) is 1. The summed E-state index contributed by atoms with van der Waals surface area (Å²) < 4.78 is 1.75. The fourth-order valence-electron chi connectivity index (χ4n) is 2.85. The first-order valence-corrected chi connectivity index (χ1v) is 8.48. The molecule has 3 heterocycles. The number of nitrogen functional groups attached to an aromatic ring is 1. The first-order valence-electron chi connectivity index (χ1n) is 8.48. The molecule has 1 saturated heterocycles. The van der Waals surface area contributed by atoms with Crippen molar-refractivity contribution in [2.75, 3.05) is 23.7 Å². The van der Waals surface area contributed by atoms with E-state index in [0.717, 1.165) is 25.9 Å². The molecule has 2 aromatic rings. The van der Waals surface area contributed by atoms with E-state index < -0.39 is 0 Å². The van der Waals surface area contributed by atoms with Gasteiger partial charge in [0, 0.05) is 19.1 Å². The van der Waals surface area contributed by atoms with E-state index in [1.54, 1.807) is 10.9 Å². The Morgan fingerprint density at radius 2 is 2.15 bits per heavy atom. The molecule has 0 bridgehead atoms. The maximum Gasteiger partial charge on any atom is 0.273 e. The van der Waals surface area contributed by atoms with Crippen molar-refractivity contribution in [2.24, 2.45) is 0 Å². The van der Waals surface area contributed by atoms with E-state index >= 15 is 0 Å². The minimum absolute atomic E-state index is 0.0516. The molecule has 10 heteroatoms. The van der Waals surface area contributed by atoms with Crippen molar-refractivity contribution in [3.63, 3.8) is 0 Å². The summed E-state index contributed by atoms with van der Waals surface area (Å²) in [7, 11) is 0. The van der Waals surface area contributed by atoms with E-state index in [1.807, 2.05) is 24.8 Å². The molecule has 0 aliphatic carbocycles. The van der Waals surface area contributed by atoms with Crippen LogP contribution in [0.2, 0.25) is 0 Å². The highest BCUT2D eigenvalue weighted by Crippen LogP contribution is 2.24. The topological polar surface area (TPSA) is 139 Å². The Labute approximate surface area is 151 Å². The van der Waals surface area contributed by atoms with Gasteiger partial charge in [-0.15, -0.1) is 5.10 Å². The summed E-state index contributed by atoms with van der Waals surface area (Å²) in [6.45, 7) is 5.25. The van der Waals surface area contributed by atoms with E-state index in [-0.39, 0.29) is 29.4 Å². The smallest absolute Gasteiger partial charge is 0.273 e. The third-order valence-electron chi connectivity index (χ3n) is 4.21. The van der Waals surface area contributed by atoms with Crippen molar-refractivity contribution in [3.8, 4) is 6.07 Å². The number of nitrogens with zero attached hydrogens (tertiary/aromatic N) is 7. The van der Waals surface area contributed by atoms with Gasteiger partial charge in [0.15, 0.2) is 5.69 Å². The molecule has 3 rings (SSSR count). The monoisotopic (exact) mass is 355 g/mol. The van der Waals surface area contributed by atoms with Gasteiger partial charge >= 0.3 is 0 Å². The Hall–Kier alpha value is -3.22. The zero-order chi connectivity index (χ0) is 18.7. The van der Waals surface area contributed by atoms with Gasteiger partial charge in [0.1, 0.15) is 17.5 Å². The number of nitrogens with one attached hydrogen (secondary N) is 1. The van der Waals surface area contributed by atoms with Gasteiger partial charge in [-0.3, -0.25) is 4.79 Å². The number of carbonyl (C=O) groups excluding carboxylic acids is 1. The molecule has 1 fully saturated rings. The minimum Gasteiger partial charge on any atom is -0.382 e. The molecule has 1 aliphatic heterocycles. The third-order valence-corrected chi connectivity index (χ3v) is 4.21. The van der Waals surface area contributed by atoms with Crippen LogP contribution in [0.15, 0.2) is 12.4 Å². The number of aromatic nitrogens is 5. The summed E-state index contributed by atoms with van der Waals surface area (Å²) in [5.74, 6) is 0.498. The Kier molecular flexibility index (Phi) is 4.97. The highest BCUT2D eigenvalue weighted by Gasteiger charge is 2.24. The fourth-order valence-corrected chi connectivity index (χ4v) is 2.85. The van der Waals surface area contributed by atoms with Crippen molar-refractivity contribution in [1.29, 1.82) is 5.26 Å². The van der Waals surface area contributed by atoms with E-state index in [4.69, 9.17) is 11.0 Å². The zero-order valence-corrected chi connectivity index (χ0v) is 14.8. The van der Waals surface area contributed by atoms with Gasteiger partial charge in [0.25, 0.3) is 5.91 Å². The summed E-state index contributed by atoms with van der Waals surface area (Å²) in [6.07, 6.45) is 4.77. The highest BCUT2D eigenvalue weighted by molar-refractivity contribution is 5.91. The normalized spacial score (nSPS) is 15.1. The molecule has 26 heavy (non-hydrogen) atoms. The summed E-state index contributed by atoms with van der Waals surface area (Å²) in [6, 6.07) is 2.17. The van der Waals surface area contributed by atoms with E-state index in [1.165, 1.54) is 6.20 Å². The third kappa shape index (κ3) is 3.72. The second kappa shape index (κ2) is 7.35. The lowest BCUT2D eigenvalue weighted by molar-refractivity contribution is 0.0938. The minimum atomic E-state index is -0.217. The van der Waals surface area contributed by atoms with Crippen LogP contribution in [0.1, 0.15) is 48.8 Å². The van der Waals surface area contributed by atoms with Crippen LogP contribution in [0, 0.1) is 11.3 Å². The van der Waals surface area contributed by atoms with Crippen LogP contribution >= 0.6 is 0 Å². The molecule has 0 radical (unpaired) electrons. The Morgan fingerprint density at radius 3 is 2.77 bits per heavy atom. The molecule has 136 valence electrons. The van der Waals surface area contributed by atoms with Crippen molar-refractivity contribution in [1.82, 2.24) is 30.3 Å². The number of rotatable bonds is 4. The SMILES string of the molecule is CC(C)NC(=O)c1cn(C2CCN(c3ncc(C#N)c(N)n3)CC2)nn1. The molecule has 1 amide bonds. The molecule has 3 N–H and O–H groups in total. The molecule has 0 unspecified atom stereocenters. The standard InChI is InChI=1S/C16H21N9O/c1-10(2)20-15(26)13-9-25(23-22-13)12-3-5-24(6-4-12)16-19-8-11(7-17)14(18)21-16/h8-10,12H,3-6H2,1-2H3,(H,20,26)(H2,18,19,21). The van der Waals surface area contributed by atoms with Gasteiger partial charge in [-0.25, -0.2) is 9.67 Å². The van der Waals surface area contributed by atoms with Crippen LogP contribution < -0.4 is 16.0 Å². The van der Waals surface area contributed by atoms with E-state index in [9.17, 15) is 4.79 Å². The number of nitriles is 1. The maximum atomic E-state index is 12.0. The second-order valence-corrected chi connectivity index (χ2v) is 6.51. The summed E-state index contributed by atoms with van der Waals surface area (Å²) in [4.78, 5) is 22.4. The first-order chi connectivity index (χ1) is 12.5. The molecule has 2 aromatic heterocycles. The largest absolute Gasteiger partial charge is 0.382 e. The number of piperidine rings is 1. The quantitative estimate of drug-likeness (QED) is 0.808. The van der Waals surface area contributed by atoms with Gasteiger partial charge in [0.05, 0.1) is 18.4 Å². The van der Waals surface area contributed by atoms with Crippen molar-refractivity contribution in [3.05, 3.63) is 23.7 Å². The van der Waals surface area contributed by atoms with Crippen LogP contribution in [-0.2, 0) is 0 Å². The van der Waals surface area contributed by atoms with Crippen LogP contribution in [0.25, 0.3) is 0 Å². The van der Waals surface area contributed by atoms with Gasteiger partial charge in [-0.1, -0.05) is 5.21 Å². The highest BCUT2D eigenvalue weighted by atomic mass is 16.2. The van der Waals surface area contributed by atoms with Crippen LogP contribution in [0.5, 0.6) is 0 Å². The van der Waals surface area contributed by atoms with Gasteiger partial charge in [-0.2, -0.15) is 10.2 Å². The fraction of sp³-hybridized carbons (Fsp3) is 0.500. The number of hydrogen-bond acceptors (Lipinski definition) is 8. The van der Waals surface area contributed by atoms with Crippen LogP contribution in [-0.4, -0.2) is 50.0 Å². The molecule has 10 nitrogen and oxygen atoms in total. The Balaban J connectivity index is 1.62. The lowest BCUT2D eigenvalue weighted by Crippen LogP contribution is -2.36. The molecule has 0 spiro atoms. The van der Waals surface area contributed by atoms with E-state index in [2.05, 4.69) is 25.6 Å². The number of amides is 1. The van der Waals surface area contributed by atoms with E-state index in [0.29, 0.717) is 11.6 Å². The molecule has 0 saturated carbocycles. The average molecular weight is 355 g/mol. The van der Waals surface area contributed by atoms with Gasteiger partial charge < -0.3 is 16.0 Å². The number of anilines is 2. The van der Waals surface area contributed by atoms with Crippen molar-refractivity contribution < 1.29 is 4.79 Å². The zero-order valence-electron chi connectivity index (χ0n) is 14.8. The maximum absolute atomic E-state index is 12.0. The predicted octanol–water partition coefficient (Wildman–Crippen LogP) is 0.502. The Bertz CT molecular complexity index is 830. The Morgan fingerprint density at radius 1 is 1.42 bits per heavy atom. The lowest BCUT2D eigenvalue weighted by atomic mass is 10.1. The summed E-state index contributed by atoms with van der Waals surface area (Å²) >= 11 is 0. The summed E-state index contributed by atoms with van der Waals surface area (Å²) in [5.41, 5.74) is 6.36. The number of hydrogen-bond donors (Lipinski definition) is 2. The number of carbonyl (C=O) groups is 1. The van der Waals surface area contributed by atoms with Gasteiger partial charge in [-0.05, 0) is 26.7 Å². The van der Waals surface area contributed by atoms with Crippen LogP contribution in [0.4, 0.5) is 11.8 Å². The first kappa shape index (κ1) is 17.6. The van der Waals surface area contributed by atoms with Crippen molar-refractivity contribution in [2.45, 2.75) is 38.8 Å². The molecular weight excluding hydrogens is 334 g/mol. The molecule has 0 atom stereocenters.